The van der Waals surface area contributed by atoms with E-state index < -0.39 is 0 Å². The fourth-order valence-corrected chi connectivity index (χ4v) is 1.65. The highest BCUT2D eigenvalue weighted by Crippen LogP contribution is 2.28. The van der Waals surface area contributed by atoms with Crippen LogP contribution in [0.1, 0.15) is 30.6 Å². The summed E-state index contributed by atoms with van der Waals surface area (Å²) in [6, 6.07) is 5.95. The van der Waals surface area contributed by atoms with Gasteiger partial charge in [-0.3, -0.25) is 0 Å². The second-order valence-corrected chi connectivity index (χ2v) is 3.39. The van der Waals surface area contributed by atoms with E-state index in [9.17, 15) is 5.11 Å². The number of ether oxygens (including phenoxy) is 1. The number of aliphatic hydroxyl groups excluding tert-OH is 1. The molecule has 1 aliphatic rings. The molecular weight excluding hydrogens is 164 g/mol. The van der Waals surface area contributed by atoms with Crippen LogP contribution in [0.25, 0.3) is 0 Å². The van der Waals surface area contributed by atoms with Crippen LogP contribution in [-0.4, -0.2) is 11.7 Å². The molecule has 1 aromatic rings. The number of hydrogen-bond acceptors (Lipinski definition) is 2. The van der Waals surface area contributed by atoms with Gasteiger partial charge in [0.25, 0.3) is 0 Å². The van der Waals surface area contributed by atoms with Gasteiger partial charge in [-0.1, -0.05) is 13.0 Å². The summed E-state index contributed by atoms with van der Waals surface area (Å²) in [5.41, 5.74) is 2.23. The third-order valence-electron chi connectivity index (χ3n) is 2.48. The van der Waals surface area contributed by atoms with Crippen LogP contribution in [0.15, 0.2) is 18.2 Å². The first-order valence-corrected chi connectivity index (χ1v) is 4.75. The van der Waals surface area contributed by atoms with Crippen LogP contribution in [0.4, 0.5) is 0 Å². The van der Waals surface area contributed by atoms with Crippen LogP contribution in [0.5, 0.6) is 5.75 Å². The van der Waals surface area contributed by atoms with Gasteiger partial charge in [-0.25, -0.2) is 0 Å². The van der Waals surface area contributed by atoms with Crippen molar-refractivity contribution in [3.63, 3.8) is 0 Å². The average Bonchev–Trinajstić information content (AvgIpc) is 2.63. The topological polar surface area (TPSA) is 29.5 Å². The quantitative estimate of drug-likeness (QED) is 0.751. The third kappa shape index (κ3) is 1.54. The van der Waals surface area contributed by atoms with E-state index in [0.29, 0.717) is 0 Å². The van der Waals surface area contributed by atoms with E-state index in [4.69, 9.17) is 4.74 Å². The second-order valence-electron chi connectivity index (χ2n) is 3.39. The fourth-order valence-electron chi connectivity index (χ4n) is 1.65. The fraction of sp³-hybridized carbons (Fsp3) is 0.455. The maximum absolute atomic E-state index is 9.62. The van der Waals surface area contributed by atoms with Crippen molar-refractivity contribution in [2.24, 2.45) is 0 Å². The zero-order valence-corrected chi connectivity index (χ0v) is 7.79. The van der Waals surface area contributed by atoms with Crippen molar-refractivity contribution >= 4 is 0 Å². The predicted molar refractivity (Wildman–Crippen MR) is 50.9 cm³/mol. The van der Waals surface area contributed by atoms with E-state index in [-0.39, 0.29) is 6.10 Å². The summed E-state index contributed by atoms with van der Waals surface area (Å²) in [4.78, 5) is 0. The van der Waals surface area contributed by atoms with E-state index in [1.807, 2.05) is 19.1 Å². The lowest BCUT2D eigenvalue weighted by atomic mass is 10.0. The van der Waals surface area contributed by atoms with Crippen LogP contribution < -0.4 is 4.74 Å². The van der Waals surface area contributed by atoms with Crippen molar-refractivity contribution in [2.75, 3.05) is 6.61 Å². The summed E-state index contributed by atoms with van der Waals surface area (Å²) < 4.78 is 5.39. The molecular formula is C11H14O2. The van der Waals surface area contributed by atoms with Crippen molar-refractivity contribution in [2.45, 2.75) is 25.9 Å². The van der Waals surface area contributed by atoms with Crippen LogP contribution in [0.2, 0.25) is 0 Å². The highest BCUT2D eigenvalue weighted by atomic mass is 16.5. The molecule has 0 radical (unpaired) electrons. The second kappa shape index (κ2) is 3.38. The molecule has 0 aromatic heterocycles. The minimum absolute atomic E-state index is 0.328. The molecule has 1 aliphatic heterocycles. The molecule has 0 fully saturated rings. The van der Waals surface area contributed by atoms with Crippen molar-refractivity contribution in [3.8, 4) is 5.75 Å². The summed E-state index contributed by atoms with van der Waals surface area (Å²) in [5.74, 6) is 0.979. The maximum Gasteiger partial charge on any atom is 0.122 e. The Morgan fingerprint density at radius 2 is 2.38 bits per heavy atom. The molecule has 0 bridgehead atoms. The van der Waals surface area contributed by atoms with Gasteiger partial charge in [-0.15, -0.1) is 0 Å². The number of rotatable bonds is 2. The predicted octanol–water partition coefficient (Wildman–Crippen LogP) is 2.06. The lowest BCUT2D eigenvalue weighted by Gasteiger charge is -2.08. The molecule has 70 valence electrons. The first-order valence-electron chi connectivity index (χ1n) is 4.75. The van der Waals surface area contributed by atoms with E-state index in [1.165, 1.54) is 5.56 Å². The average molecular weight is 178 g/mol. The molecule has 0 amide bonds. The van der Waals surface area contributed by atoms with Gasteiger partial charge < -0.3 is 9.84 Å². The molecule has 0 spiro atoms. The SMILES string of the molecule is CC[C@H](O)c1ccc2c(c1)CCO2. The molecule has 0 saturated carbocycles. The zero-order chi connectivity index (χ0) is 9.26. The smallest absolute Gasteiger partial charge is 0.122 e. The largest absolute Gasteiger partial charge is 0.493 e. The van der Waals surface area contributed by atoms with Crippen molar-refractivity contribution < 1.29 is 9.84 Å². The number of aliphatic hydroxyl groups is 1. The van der Waals surface area contributed by atoms with Crippen molar-refractivity contribution in [1.29, 1.82) is 0 Å². The van der Waals surface area contributed by atoms with Gasteiger partial charge >= 0.3 is 0 Å². The normalized spacial score (nSPS) is 16.5. The highest BCUT2D eigenvalue weighted by Gasteiger charge is 2.14. The lowest BCUT2D eigenvalue weighted by Crippen LogP contribution is -1.95. The van der Waals surface area contributed by atoms with Gasteiger partial charge in [0.2, 0.25) is 0 Å². The molecule has 13 heavy (non-hydrogen) atoms. The minimum Gasteiger partial charge on any atom is -0.493 e. The van der Waals surface area contributed by atoms with Crippen LogP contribution in [0.3, 0.4) is 0 Å². The summed E-state index contributed by atoms with van der Waals surface area (Å²) in [5, 5.41) is 9.62. The Bertz CT molecular complexity index is 307. The van der Waals surface area contributed by atoms with Gasteiger partial charge in [-0.2, -0.15) is 0 Å². The Balaban J connectivity index is 2.30. The Labute approximate surface area is 78.2 Å². The first-order chi connectivity index (χ1) is 6.31. The van der Waals surface area contributed by atoms with Crippen LogP contribution in [-0.2, 0) is 6.42 Å². The summed E-state index contributed by atoms with van der Waals surface area (Å²) >= 11 is 0. The molecule has 2 rings (SSSR count). The van der Waals surface area contributed by atoms with E-state index >= 15 is 0 Å². The van der Waals surface area contributed by atoms with Gasteiger partial charge in [0.05, 0.1) is 12.7 Å². The maximum atomic E-state index is 9.62. The first kappa shape index (κ1) is 8.57. The van der Waals surface area contributed by atoms with Crippen molar-refractivity contribution in [3.05, 3.63) is 29.3 Å². The lowest BCUT2D eigenvalue weighted by molar-refractivity contribution is 0.173. The Morgan fingerprint density at radius 1 is 1.54 bits per heavy atom. The molecule has 0 unspecified atom stereocenters. The van der Waals surface area contributed by atoms with Gasteiger partial charge in [0, 0.05) is 6.42 Å². The Morgan fingerprint density at radius 3 is 3.15 bits per heavy atom. The number of hydrogen-bond donors (Lipinski definition) is 1. The highest BCUT2D eigenvalue weighted by molar-refractivity contribution is 5.40. The summed E-state index contributed by atoms with van der Waals surface area (Å²) in [6.07, 6.45) is 1.41. The van der Waals surface area contributed by atoms with Gasteiger partial charge in [0.15, 0.2) is 0 Å². The Kier molecular flexibility index (Phi) is 2.23. The molecule has 0 saturated heterocycles. The van der Waals surface area contributed by atoms with Crippen molar-refractivity contribution in [1.82, 2.24) is 0 Å². The van der Waals surface area contributed by atoms with E-state index in [1.54, 1.807) is 0 Å². The zero-order valence-electron chi connectivity index (χ0n) is 7.79. The van der Waals surface area contributed by atoms with E-state index in [0.717, 1.165) is 30.8 Å². The molecule has 1 atom stereocenters. The van der Waals surface area contributed by atoms with Crippen LogP contribution >= 0.6 is 0 Å². The van der Waals surface area contributed by atoms with E-state index in [2.05, 4.69) is 6.07 Å². The standard InChI is InChI=1S/C11H14O2/c1-2-10(12)8-3-4-11-9(7-8)5-6-13-11/h3-4,7,10,12H,2,5-6H2,1H3/t10-/m0/s1. The molecule has 1 aromatic carbocycles. The van der Waals surface area contributed by atoms with Gasteiger partial charge in [0.1, 0.15) is 5.75 Å². The summed E-state index contributed by atoms with van der Waals surface area (Å²) in [6.45, 7) is 2.76. The molecule has 0 aliphatic carbocycles. The molecule has 2 heteroatoms. The van der Waals surface area contributed by atoms with Crippen LogP contribution in [0, 0.1) is 0 Å². The van der Waals surface area contributed by atoms with Gasteiger partial charge in [-0.05, 0) is 29.7 Å². The number of fused-ring (bicyclic) bond motifs is 1. The molecule has 2 nitrogen and oxygen atoms in total. The molecule has 1 heterocycles. The molecule has 1 N–H and O–H groups in total. The Hall–Kier alpha value is -1.02. The minimum atomic E-state index is -0.328. The summed E-state index contributed by atoms with van der Waals surface area (Å²) in [7, 11) is 0. The monoisotopic (exact) mass is 178 g/mol. The third-order valence-corrected chi connectivity index (χ3v) is 2.48. The number of benzene rings is 1.